The van der Waals surface area contributed by atoms with E-state index in [0.717, 1.165) is 30.1 Å². The molecule has 6 nitrogen and oxygen atoms in total. The molecule has 1 aliphatic heterocycles. The number of likely N-dealkylation sites (tertiary alicyclic amines) is 1. The average molecular weight is 325 g/mol. The van der Waals surface area contributed by atoms with Gasteiger partial charge in [-0.25, -0.2) is 4.68 Å². The van der Waals surface area contributed by atoms with Gasteiger partial charge in [0.05, 0.1) is 12.1 Å². The van der Waals surface area contributed by atoms with Crippen molar-refractivity contribution in [1.29, 1.82) is 0 Å². The van der Waals surface area contributed by atoms with Crippen molar-refractivity contribution in [2.45, 2.75) is 51.0 Å². The van der Waals surface area contributed by atoms with Gasteiger partial charge in [0.2, 0.25) is 5.91 Å². The van der Waals surface area contributed by atoms with Crippen LogP contribution in [-0.4, -0.2) is 43.6 Å². The lowest BCUT2D eigenvalue weighted by Crippen LogP contribution is -2.40. The predicted molar refractivity (Wildman–Crippen MR) is 89.6 cm³/mol. The van der Waals surface area contributed by atoms with Crippen LogP contribution in [0.5, 0.6) is 0 Å². The van der Waals surface area contributed by atoms with E-state index in [1.807, 2.05) is 24.3 Å². The summed E-state index contributed by atoms with van der Waals surface area (Å²) in [5.74, 6) is 1.01. The Morgan fingerprint density at radius 2 is 1.88 bits per heavy atom. The number of hydrogen-bond donors (Lipinski definition) is 0. The molecule has 2 heterocycles. The van der Waals surface area contributed by atoms with E-state index < -0.39 is 0 Å². The van der Waals surface area contributed by atoms with Crippen LogP contribution in [-0.2, 0) is 11.2 Å². The van der Waals surface area contributed by atoms with Gasteiger partial charge in [-0.15, -0.1) is 5.10 Å². The summed E-state index contributed by atoms with van der Waals surface area (Å²) in [4.78, 5) is 14.9. The Bertz CT molecular complexity index is 676. The Kier molecular flexibility index (Phi) is 4.28. The standard InChI is InChI=1S/C18H23N5O/c24-18(22-11-3-6-17(22)15-4-1-2-5-15)12-14-7-9-16(10-8-14)23-13-19-20-21-23/h7-10,13,15,17H,1-6,11-12H2/t17-/m0/s1. The van der Waals surface area contributed by atoms with E-state index in [9.17, 15) is 4.79 Å². The number of benzene rings is 1. The van der Waals surface area contributed by atoms with Gasteiger partial charge in [0.1, 0.15) is 6.33 Å². The van der Waals surface area contributed by atoms with Crippen molar-refractivity contribution in [3.8, 4) is 5.69 Å². The van der Waals surface area contributed by atoms with Crippen molar-refractivity contribution in [2.24, 2.45) is 5.92 Å². The van der Waals surface area contributed by atoms with Gasteiger partial charge in [-0.2, -0.15) is 0 Å². The third-order valence-electron chi connectivity index (χ3n) is 5.47. The van der Waals surface area contributed by atoms with Crippen LogP contribution in [0.15, 0.2) is 30.6 Å². The highest BCUT2D eigenvalue weighted by Gasteiger charge is 2.35. The molecule has 6 heteroatoms. The second kappa shape index (κ2) is 6.71. The Morgan fingerprint density at radius 3 is 2.58 bits per heavy atom. The number of nitrogens with zero attached hydrogens (tertiary/aromatic N) is 5. The van der Waals surface area contributed by atoms with Crippen molar-refractivity contribution in [3.63, 3.8) is 0 Å². The monoisotopic (exact) mass is 325 g/mol. The van der Waals surface area contributed by atoms with Crippen LogP contribution in [0, 0.1) is 5.92 Å². The van der Waals surface area contributed by atoms with Crippen molar-refractivity contribution < 1.29 is 4.79 Å². The number of carbonyl (C=O) groups excluding carboxylic acids is 1. The molecule has 1 amide bonds. The molecule has 0 spiro atoms. The summed E-state index contributed by atoms with van der Waals surface area (Å²) in [6.45, 7) is 0.933. The van der Waals surface area contributed by atoms with E-state index in [2.05, 4.69) is 20.4 Å². The first-order chi connectivity index (χ1) is 11.8. The number of rotatable bonds is 4. The highest BCUT2D eigenvalue weighted by molar-refractivity contribution is 5.79. The lowest BCUT2D eigenvalue weighted by Gasteiger charge is -2.29. The van der Waals surface area contributed by atoms with E-state index in [-0.39, 0.29) is 5.91 Å². The Hall–Kier alpha value is -2.24. The second-order valence-corrected chi connectivity index (χ2v) is 6.94. The number of amides is 1. The van der Waals surface area contributed by atoms with Gasteiger partial charge in [-0.3, -0.25) is 4.79 Å². The predicted octanol–water partition coefficient (Wildman–Crippen LogP) is 2.39. The molecule has 1 aromatic carbocycles. The maximum absolute atomic E-state index is 12.8. The Balaban J connectivity index is 1.41. The number of hydrogen-bond acceptors (Lipinski definition) is 4. The van der Waals surface area contributed by atoms with Gasteiger partial charge in [-0.05, 0) is 59.7 Å². The fourth-order valence-electron chi connectivity index (χ4n) is 4.26. The molecule has 2 fully saturated rings. The van der Waals surface area contributed by atoms with Gasteiger partial charge >= 0.3 is 0 Å². The van der Waals surface area contributed by atoms with Crippen molar-refractivity contribution in [1.82, 2.24) is 25.1 Å². The van der Waals surface area contributed by atoms with Crippen molar-refractivity contribution in [3.05, 3.63) is 36.2 Å². The first kappa shape index (κ1) is 15.3. The first-order valence-corrected chi connectivity index (χ1v) is 8.93. The number of carbonyl (C=O) groups is 1. The largest absolute Gasteiger partial charge is 0.339 e. The molecule has 4 rings (SSSR count). The zero-order valence-electron chi connectivity index (χ0n) is 13.8. The summed E-state index contributed by atoms with van der Waals surface area (Å²) in [6, 6.07) is 8.39. The molecular formula is C18H23N5O. The highest BCUT2D eigenvalue weighted by Crippen LogP contribution is 2.35. The molecule has 1 aliphatic carbocycles. The lowest BCUT2D eigenvalue weighted by atomic mass is 9.95. The summed E-state index contributed by atoms with van der Waals surface area (Å²) in [5, 5.41) is 11.2. The van der Waals surface area contributed by atoms with Crippen LogP contribution in [0.1, 0.15) is 44.1 Å². The summed E-state index contributed by atoms with van der Waals surface area (Å²) < 4.78 is 1.61. The Labute approximate surface area is 141 Å². The molecule has 1 aromatic heterocycles. The minimum absolute atomic E-state index is 0.277. The van der Waals surface area contributed by atoms with Crippen LogP contribution in [0.4, 0.5) is 0 Å². The Morgan fingerprint density at radius 1 is 1.08 bits per heavy atom. The highest BCUT2D eigenvalue weighted by atomic mass is 16.2. The average Bonchev–Trinajstić information content (AvgIpc) is 3.35. The van der Waals surface area contributed by atoms with E-state index in [1.54, 1.807) is 11.0 Å². The normalized spacial score (nSPS) is 21.5. The quantitative estimate of drug-likeness (QED) is 0.866. The van der Waals surface area contributed by atoms with Gasteiger partial charge in [-0.1, -0.05) is 25.0 Å². The molecule has 0 radical (unpaired) electrons. The van der Waals surface area contributed by atoms with Crippen molar-refractivity contribution >= 4 is 5.91 Å². The lowest BCUT2D eigenvalue weighted by molar-refractivity contribution is -0.132. The van der Waals surface area contributed by atoms with E-state index in [4.69, 9.17) is 0 Å². The van der Waals surface area contributed by atoms with Gasteiger partial charge in [0.15, 0.2) is 0 Å². The third-order valence-corrected chi connectivity index (χ3v) is 5.47. The van der Waals surface area contributed by atoms with Gasteiger partial charge < -0.3 is 4.90 Å². The van der Waals surface area contributed by atoms with Crippen LogP contribution in [0.25, 0.3) is 5.69 Å². The maximum atomic E-state index is 12.8. The second-order valence-electron chi connectivity index (χ2n) is 6.94. The minimum Gasteiger partial charge on any atom is -0.339 e. The fraction of sp³-hybridized carbons (Fsp3) is 0.556. The van der Waals surface area contributed by atoms with Crippen LogP contribution < -0.4 is 0 Å². The van der Waals surface area contributed by atoms with Crippen LogP contribution in [0.2, 0.25) is 0 Å². The molecule has 0 N–H and O–H groups in total. The van der Waals surface area contributed by atoms with Crippen LogP contribution in [0.3, 0.4) is 0 Å². The minimum atomic E-state index is 0.277. The van der Waals surface area contributed by atoms with Crippen LogP contribution >= 0.6 is 0 Å². The topological polar surface area (TPSA) is 63.9 Å². The SMILES string of the molecule is O=C(Cc1ccc(-n2cnnn2)cc1)N1CCC[C@H]1C1CCCC1. The van der Waals surface area contributed by atoms with Gasteiger partial charge in [0, 0.05) is 12.6 Å². The smallest absolute Gasteiger partial charge is 0.227 e. The third kappa shape index (κ3) is 3.05. The molecule has 1 saturated carbocycles. The summed E-state index contributed by atoms with van der Waals surface area (Å²) in [6.07, 6.45) is 9.67. The summed E-state index contributed by atoms with van der Waals surface area (Å²) in [5.41, 5.74) is 1.95. The zero-order chi connectivity index (χ0) is 16.4. The van der Waals surface area contributed by atoms with Gasteiger partial charge in [0.25, 0.3) is 0 Å². The number of tetrazole rings is 1. The first-order valence-electron chi connectivity index (χ1n) is 8.93. The molecule has 0 unspecified atom stereocenters. The molecule has 1 saturated heterocycles. The van der Waals surface area contributed by atoms with E-state index in [1.165, 1.54) is 32.1 Å². The fourth-order valence-corrected chi connectivity index (χ4v) is 4.26. The molecular weight excluding hydrogens is 302 g/mol. The molecule has 1 atom stereocenters. The molecule has 126 valence electrons. The summed E-state index contributed by atoms with van der Waals surface area (Å²) in [7, 11) is 0. The molecule has 2 aliphatic rings. The zero-order valence-corrected chi connectivity index (χ0v) is 13.8. The number of aromatic nitrogens is 4. The van der Waals surface area contributed by atoms with E-state index >= 15 is 0 Å². The maximum Gasteiger partial charge on any atom is 0.227 e. The molecule has 24 heavy (non-hydrogen) atoms. The van der Waals surface area contributed by atoms with Crippen molar-refractivity contribution in [2.75, 3.05) is 6.54 Å². The summed E-state index contributed by atoms with van der Waals surface area (Å²) >= 11 is 0. The molecule has 2 aromatic rings. The molecule has 0 bridgehead atoms. The van der Waals surface area contributed by atoms with E-state index in [0.29, 0.717) is 12.5 Å².